The monoisotopic (exact) mass is 295 g/mol. The first-order chi connectivity index (χ1) is 10.8. The average Bonchev–Trinajstić information content (AvgIpc) is 2.55. The van der Waals surface area contributed by atoms with Gasteiger partial charge in [-0.05, 0) is 49.2 Å². The van der Waals surface area contributed by atoms with Gasteiger partial charge in [0.1, 0.15) is 17.7 Å². The minimum absolute atomic E-state index is 0.242. The number of aryl methyl sites for hydroxylation is 1. The molecule has 0 N–H and O–H groups in total. The summed E-state index contributed by atoms with van der Waals surface area (Å²) in [6, 6.07) is 10.2. The predicted molar refractivity (Wildman–Crippen MR) is 86.0 cm³/mol. The summed E-state index contributed by atoms with van der Waals surface area (Å²) in [6.07, 6.45) is 5.97. The van der Waals surface area contributed by atoms with Crippen molar-refractivity contribution >= 4 is 11.0 Å². The first-order valence-electron chi connectivity index (χ1n) is 7.64. The Balaban J connectivity index is 2.00. The van der Waals surface area contributed by atoms with Gasteiger partial charge in [0.2, 0.25) is 0 Å². The van der Waals surface area contributed by atoms with E-state index in [0.29, 0.717) is 0 Å². The number of fused-ring (bicyclic) bond motifs is 1. The molecule has 0 aliphatic rings. The Kier molecular flexibility index (Phi) is 4.37. The summed E-state index contributed by atoms with van der Waals surface area (Å²) in [5.41, 5.74) is 4.40. The summed E-state index contributed by atoms with van der Waals surface area (Å²) in [6.45, 7) is 2.18. The summed E-state index contributed by atoms with van der Waals surface area (Å²) >= 11 is 0. The maximum Gasteiger partial charge on any atom is 0.123 e. The zero-order valence-corrected chi connectivity index (χ0v) is 12.6. The largest absolute Gasteiger partial charge is 0.244 e. The van der Waals surface area contributed by atoms with Crippen molar-refractivity contribution in [1.82, 2.24) is 15.0 Å². The van der Waals surface area contributed by atoms with Crippen LogP contribution in [-0.2, 0) is 6.42 Å². The van der Waals surface area contributed by atoms with E-state index in [0.717, 1.165) is 40.8 Å². The van der Waals surface area contributed by atoms with Gasteiger partial charge in [-0.3, -0.25) is 0 Å². The molecule has 0 saturated heterocycles. The lowest BCUT2D eigenvalue weighted by Gasteiger charge is -2.07. The fourth-order valence-corrected chi connectivity index (χ4v) is 2.50. The van der Waals surface area contributed by atoms with Gasteiger partial charge in [-0.15, -0.1) is 0 Å². The van der Waals surface area contributed by atoms with Gasteiger partial charge in [-0.25, -0.2) is 19.3 Å². The first kappa shape index (κ1) is 14.6. The molecular formula is C18H18FN3. The molecule has 112 valence electrons. The van der Waals surface area contributed by atoms with E-state index >= 15 is 0 Å². The highest BCUT2D eigenvalue weighted by Gasteiger charge is 2.08. The minimum atomic E-state index is -0.242. The van der Waals surface area contributed by atoms with Crippen LogP contribution in [0.4, 0.5) is 4.39 Å². The molecule has 2 heterocycles. The van der Waals surface area contributed by atoms with Crippen LogP contribution in [-0.4, -0.2) is 15.0 Å². The molecule has 1 aromatic carbocycles. The number of hydrogen-bond acceptors (Lipinski definition) is 3. The molecule has 0 atom stereocenters. The molecular weight excluding hydrogens is 277 g/mol. The van der Waals surface area contributed by atoms with Crippen molar-refractivity contribution < 1.29 is 4.39 Å². The predicted octanol–water partition coefficient (Wildman–Crippen LogP) is 4.56. The Morgan fingerprint density at radius 2 is 1.77 bits per heavy atom. The van der Waals surface area contributed by atoms with Gasteiger partial charge in [-0.1, -0.05) is 19.8 Å². The number of benzene rings is 1. The Morgan fingerprint density at radius 3 is 2.55 bits per heavy atom. The van der Waals surface area contributed by atoms with Gasteiger partial charge in [0, 0.05) is 5.56 Å². The van der Waals surface area contributed by atoms with Gasteiger partial charge >= 0.3 is 0 Å². The van der Waals surface area contributed by atoms with Crippen LogP contribution in [0.15, 0.2) is 42.7 Å². The molecule has 3 aromatic rings. The van der Waals surface area contributed by atoms with Crippen LogP contribution in [0.3, 0.4) is 0 Å². The van der Waals surface area contributed by atoms with Crippen LogP contribution >= 0.6 is 0 Å². The van der Waals surface area contributed by atoms with Gasteiger partial charge < -0.3 is 0 Å². The summed E-state index contributed by atoms with van der Waals surface area (Å²) in [7, 11) is 0. The molecule has 0 radical (unpaired) electrons. The zero-order chi connectivity index (χ0) is 15.4. The Morgan fingerprint density at radius 1 is 0.955 bits per heavy atom. The molecule has 0 spiro atoms. The van der Waals surface area contributed by atoms with E-state index in [1.807, 2.05) is 12.1 Å². The smallest absolute Gasteiger partial charge is 0.123 e. The topological polar surface area (TPSA) is 38.7 Å². The number of rotatable bonds is 5. The van der Waals surface area contributed by atoms with E-state index in [-0.39, 0.29) is 5.82 Å². The summed E-state index contributed by atoms with van der Waals surface area (Å²) < 4.78 is 13.1. The number of pyridine rings is 1. The summed E-state index contributed by atoms with van der Waals surface area (Å²) in [5.74, 6) is -0.242. The summed E-state index contributed by atoms with van der Waals surface area (Å²) in [4.78, 5) is 13.4. The molecule has 0 fully saturated rings. The molecule has 0 bridgehead atoms. The van der Waals surface area contributed by atoms with Gasteiger partial charge in [0.05, 0.1) is 16.9 Å². The van der Waals surface area contributed by atoms with Crippen molar-refractivity contribution in [1.29, 1.82) is 0 Å². The van der Waals surface area contributed by atoms with E-state index in [4.69, 9.17) is 4.98 Å². The van der Waals surface area contributed by atoms with Crippen LogP contribution in [0.25, 0.3) is 22.3 Å². The van der Waals surface area contributed by atoms with Crippen LogP contribution < -0.4 is 0 Å². The first-order valence-corrected chi connectivity index (χ1v) is 7.64. The molecule has 3 nitrogen and oxygen atoms in total. The van der Waals surface area contributed by atoms with E-state index in [1.165, 1.54) is 25.0 Å². The van der Waals surface area contributed by atoms with E-state index in [1.54, 1.807) is 18.5 Å². The lowest BCUT2D eigenvalue weighted by Crippen LogP contribution is -1.97. The van der Waals surface area contributed by atoms with Crippen LogP contribution in [0, 0.1) is 5.82 Å². The van der Waals surface area contributed by atoms with Crippen LogP contribution in [0.5, 0.6) is 0 Å². The maximum absolute atomic E-state index is 13.1. The number of halogens is 1. The Bertz CT molecular complexity index is 769. The van der Waals surface area contributed by atoms with Crippen LogP contribution in [0.1, 0.15) is 31.9 Å². The third kappa shape index (κ3) is 3.11. The SMILES string of the molecule is CCCCCc1ncnc2ccc(-c3ccc(F)cc3)nc12. The van der Waals surface area contributed by atoms with E-state index in [2.05, 4.69) is 16.9 Å². The molecule has 0 unspecified atom stereocenters. The highest BCUT2D eigenvalue weighted by molar-refractivity contribution is 5.79. The molecule has 4 heteroatoms. The standard InChI is InChI=1S/C18H18FN3/c1-2-3-4-5-16-18-17(21-12-20-16)11-10-15(22-18)13-6-8-14(19)9-7-13/h6-12H,2-5H2,1H3. The lowest BCUT2D eigenvalue weighted by molar-refractivity contribution is 0.628. The van der Waals surface area contributed by atoms with Crippen molar-refractivity contribution in [3.63, 3.8) is 0 Å². The summed E-state index contributed by atoms with van der Waals surface area (Å²) in [5, 5.41) is 0. The number of hydrogen-bond donors (Lipinski definition) is 0. The van der Waals surface area contributed by atoms with Crippen molar-refractivity contribution in [2.45, 2.75) is 32.6 Å². The van der Waals surface area contributed by atoms with E-state index < -0.39 is 0 Å². The number of aromatic nitrogens is 3. The van der Waals surface area contributed by atoms with Crippen LogP contribution in [0.2, 0.25) is 0 Å². The Hall–Kier alpha value is -2.36. The molecule has 2 aromatic heterocycles. The molecule has 0 saturated carbocycles. The second-order valence-electron chi connectivity index (χ2n) is 5.35. The molecule has 0 amide bonds. The van der Waals surface area contributed by atoms with Crippen molar-refractivity contribution in [3.8, 4) is 11.3 Å². The van der Waals surface area contributed by atoms with E-state index in [9.17, 15) is 4.39 Å². The Labute approximate surface area is 129 Å². The molecule has 3 rings (SSSR count). The normalized spacial score (nSPS) is 11.0. The molecule has 22 heavy (non-hydrogen) atoms. The highest BCUT2D eigenvalue weighted by Crippen LogP contribution is 2.22. The molecule has 0 aliphatic heterocycles. The molecule has 0 aliphatic carbocycles. The van der Waals surface area contributed by atoms with Gasteiger partial charge in [0.25, 0.3) is 0 Å². The number of unbranched alkanes of at least 4 members (excludes halogenated alkanes) is 2. The second-order valence-corrected chi connectivity index (χ2v) is 5.35. The van der Waals surface area contributed by atoms with Crippen molar-refractivity contribution in [2.24, 2.45) is 0 Å². The lowest BCUT2D eigenvalue weighted by atomic mass is 10.1. The van der Waals surface area contributed by atoms with Crippen molar-refractivity contribution in [2.75, 3.05) is 0 Å². The number of nitrogens with zero attached hydrogens (tertiary/aromatic N) is 3. The fraction of sp³-hybridized carbons (Fsp3) is 0.278. The average molecular weight is 295 g/mol. The van der Waals surface area contributed by atoms with Gasteiger partial charge in [0.15, 0.2) is 0 Å². The minimum Gasteiger partial charge on any atom is -0.244 e. The second kappa shape index (κ2) is 6.60. The third-order valence-electron chi connectivity index (χ3n) is 3.71. The zero-order valence-electron chi connectivity index (χ0n) is 12.6. The quantitative estimate of drug-likeness (QED) is 0.647. The van der Waals surface area contributed by atoms with Crippen molar-refractivity contribution in [3.05, 3.63) is 54.2 Å². The maximum atomic E-state index is 13.1. The highest BCUT2D eigenvalue weighted by atomic mass is 19.1. The fourth-order valence-electron chi connectivity index (χ4n) is 2.50. The van der Waals surface area contributed by atoms with Gasteiger partial charge in [-0.2, -0.15) is 0 Å². The third-order valence-corrected chi connectivity index (χ3v) is 3.71.